The molecule has 0 bridgehead atoms. The molecule has 3 rings (SSSR count). The average molecular weight is 463 g/mol. The maximum atomic E-state index is 13.2. The Morgan fingerprint density at radius 3 is 2.24 bits per heavy atom. The lowest BCUT2D eigenvalue weighted by molar-refractivity contribution is -0.135. The van der Waals surface area contributed by atoms with Gasteiger partial charge in [-0.2, -0.15) is 0 Å². The molecule has 1 N–H and O–H groups in total. The van der Waals surface area contributed by atoms with Gasteiger partial charge in [-0.25, -0.2) is 0 Å². The Morgan fingerprint density at radius 1 is 1.06 bits per heavy atom. The Labute approximate surface area is 191 Å². The van der Waals surface area contributed by atoms with Crippen molar-refractivity contribution in [1.29, 1.82) is 0 Å². The number of benzene rings is 1. The molecule has 1 aromatic carbocycles. The number of nitrogens with zero attached hydrogens (tertiary/aromatic N) is 1. The van der Waals surface area contributed by atoms with E-state index in [1.165, 1.54) is 34.5 Å². The molecule has 1 aliphatic heterocycles. The summed E-state index contributed by atoms with van der Waals surface area (Å²) >= 11 is 0. The van der Waals surface area contributed by atoms with Gasteiger partial charge in [0.1, 0.15) is 12.4 Å². The van der Waals surface area contributed by atoms with E-state index in [9.17, 15) is 14.7 Å². The van der Waals surface area contributed by atoms with Gasteiger partial charge in [-0.3, -0.25) is 9.59 Å². The summed E-state index contributed by atoms with van der Waals surface area (Å²) in [5, 5.41) is 10.6. The molecular weight excluding hydrogens is 434 g/mol. The van der Waals surface area contributed by atoms with Crippen LogP contribution in [0.2, 0.25) is 0 Å². The Hall–Kier alpha value is -3.24. The van der Waals surface area contributed by atoms with Crippen LogP contribution in [0.25, 0.3) is 0 Å². The van der Waals surface area contributed by atoms with E-state index in [0.29, 0.717) is 49.1 Å². The minimum atomic E-state index is -0.807. The van der Waals surface area contributed by atoms with Crippen LogP contribution in [0.1, 0.15) is 29.4 Å². The minimum Gasteiger partial charge on any atom is -0.502 e. The zero-order valence-electron chi connectivity index (χ0n) is 19.2. The highest BCUT2D eigenvalue weighted by molar-refractivity contribution is 5.78. The third kappa shape index (κ3) is 5.40. The Balaban J connectivity index is 2.14. The number of morpholine rings is 1. The monoisotopic (exact) mass is 463 g/mol. The predicted molar refractivity (Wildman–Crippen MR) is 117 cm³/mol. The van der Waals surface area contributed by atoms with Crippen molar-refractivity contribution in [2.75, 3.05) is 54.7 Å². The van der Waals surface area contributed by atoms with Crippen molar-refractivity contribution in [1.82, 2.24) is 4.90 Å². The molecule has 1 saturated heterocycles. The van der Waals surface area contributed by atoms with Crippen molar-refractivity contribution >= 4 is 5.91 Å². The first kappa shape index (κ1) is 24.4. The number of carbonyl (C=O) groups excluding carboxylic acids is 1. The van der Waals surface area contributed by atoms with Gasteiger partial charge in [0.05, 0.1) is 40.5 Å². The summed E-state index contributed by atoms with van der Waals surface area (Å²) in [6.07, 6.45) is -0.0639. The lowest BCUT2D eigenvalue weighted by atomic mass is 9.90. The molecule has 10 heteroatoms. The van der Waals surface area contributed by atoms with E-state index in [-0.39, 0.29) is 30.5 Å². The Morgan fingerprint density at radius 2 is 1.70 bits per heavy atom. The molecular formula is C23H29NO9. The maximum absolute atomic E-state index is 13.2. The summed E-state index contributed by atoms with van der Waals surface area (Å²) in [4.78, 5) is 27.3. The summed E-state index contributed by atoms with van der Waals surface area (Å²) in [5.41, 5.74) is -0.0845. The number of hydrogen-bond acceptors (Lipinski definition) is 9. The van der Waals surface area contributed by atoms with Crippen LogP contribution in [-0.4, -0.2) is 70.7 Å². The van der Waals surface area contributed by atoms with Gasteiger partial charge in [-0.1, -0.05) is 0 Å². The molecule has 33 heavy (non-hydrogen) atoms. The molecule has 1 fully saturated rings. The summed E-state index contributed by atoms with van der Waals surface area (Å²) in [7, 11) is 5.90. The highest BCUT2D eigenvalue weighted by atomic mass is 16.5. The fraction of sp³-hybridized carbons (Fsp3) is 0.478. The number of hydrogen-bond donors (Lipinski definition) is 1. The summed E-state index contributed by atoms with van der Waals surface area (Å²) < 4.78 is 32.6. The highest BCUT2D eigenvalue weighted by Gasteiger charge is 2.30. The third-order valence-corrected chi connectivity index (χ3v) is 5.43. The van der Waals surface area contributed by atoms with Crippen molar-refractivity contribution in [3.05, 3.63) is 45.5 Å². The van der Waals surface area contributed by atoms with Gasteiger partial charge in [-0.15, -0.1) is 0 Å². The predicted octanol–water partition coefficient (Wildman–Crippen LogP) is 1.90. The molecule has 1 atom stereocenters. The van der Waals surface area contributed by atoms with Gasteiger partial charge in [0.15, 0.2) is 17.3 Å². The number of amides is 1. The first-order valence-corrected chi connectivity index (χ1v) is 10.4. The highest BCUT2D eigenvalue weighted by Crippen LogP contribution is 2.43. The molecule has 2 heterocycles. The zero-order chi connectivity index (χ0) is 24.0. The average Bonchev–Trinajstić information content (AvgIpc) is 2.84. The van der Waals surface area contributed by atoms with Crippen LogP contribution in [0, 0.1) is 0 Å². The molecule has 1 amide bonds. The van der Waals surface area contributed by atoms with Crippen LogP contribution in [0.3, 0.4) is 0 Å². The van der Waals surface area contributed by atoms with Gasteiger partial charge in [-0.05, 0) is 17.7 Å². The molecule has 0 saturated carbocycles. The van der Waals surface area contributed by atoms with Gasteiger partial charge in [0.25, 0.3) is 0 Å². The first-order valence-electron chi connectivity index (χ1n) is 10.4. The molecule has 0 radical (unpaired) electrons. The van der Waals surface area contributed by atoms with Gasteiger partial charge < -0.3 is 38.1 Å². The first-order chi connectivity index (χ1) is 15.9. The fourth-order valence-corrected chi connectivity index (χ4v) is 3.79. The van der Waals surface area contributed by atoms with Crippen molar-refractivity contribution in [2.45, 2.75) is 18.9 Å². The molecule has 0 spiro atoms. The van der Waals surface area contributed by atoms with Crippen molar-refractivity contribution < 1.29 is 38.0 Å². The van der Waals surface area contributed by atoms with Crippen LogP contribution in [0.15, 0.2) is 27.4 Å². The zero-order valence-corrected chi connectivity index (χ0v) is 19.2. The normalized spacial score (nSPS) is 14.6. The molecule has 2 aromatic rings. The summed E-state index contributed by atoms with van der Waals surface area (Å²) in [5.74, 6) is -0.243. The molecule has 1 aliphatic rings. The van der Waals surface area contributed by atoms with Crippen molar-refractivity contribution in [2.24, 2.45) is 0 Å². The van der Waals surface area contributed by atoms with Gasteiger partial charge in [0.2, 0.25) is 22.8 Å². The summed E-state index contributed by atoms with van der Waals surface area (Å²) in [6.45, 7) is 1.84. The maximum Gasteiger partial charge on any atom is 0.227 e. The number of rotatable bonds is 9. The van der Waals surface area contributed by atoms with Crippen LogP contribution in [0.5, 0.6) is 23.0 Å². The van der Waals surface area contributed by atoms with Crippen molar-refractivity contribution in [3.8, 4) is 23.0 Å². The van der Waals surface area contributed by atoms with Crippen LogP contribution >= 0.6 is 0 Å². The van der Waals surface area contributed by atoms with Crippen molar-refractivity contribution in [3.63, 3.8) is 0 Å². The van der Waals surface area contributed by atoms with E-state index in [1.54, 1.807) is 17.0 Å². The number of aromatic hydroxyl groups is 1. The van der Waals surface area contributed by atoms with Crippen LogP contribution < -0.4 is 19.6 Å². The molecule has 180 valence electrons. The smallest absolute Gasteiger partial charge is 0.227 e. The van der Waals surface area contributed by atoms with E-state index in [4.69, 9.17) is 28.1 Å². The second-order valence-electron chi connectivity index (χ2n) is 7.43. The topological polar surface area (TPSA) is 117 Å². The third-order valence-electron chi connectivity index (χ3n) is 5.43. The molecule has 1 aromatic heterocycles. The lowest BCUT2D eigenvalue weighted by Gasteiger charge is -2.29. The lowest BCUT2D eigenvalue weighted by Crippen LogP contribution is -2.41. The number of ether oxygens (including phenoxy) is 5. The van der Waals surface area contributed by atoms with Crippen LogP contribution in [0.4, 0.5) is 0 Å². The van der Waals surface area contributed by atoms with E-state index in [2.05, 4.69) is 0 Å². The SMILES string of the molecule is COCc1cc(=O)c(O)c([C@H](CC(=O)N2CCOCC2)c2cc(OC)c(OC)c(OC)c2)o1. The van der Waals surface area contributed by atoms with Crippen LogP contribution in [-0.2, 0) is 20.9 Å². The quantitative estimate of drug-likeness (QED) is 0.595. The number of methoxy groups -OCH3 is 4. The van der Waals surface area contributed by atoms with E-state index >= 15 is 0 Å². The van der Waals surface area contributed by atoms with Gasteiger partial charge in [0, 0.05) is 32.7 Å². The minimum absolute atomic E-state index is 0.0297. The number of carbonyl (C=O) groups is 1. The molecule has 10 nitrogen and oxygen atoms in total. The summed E-state index contributed by atoms with van der Waals surface area (Å²) in [6, 6.07) is 4.50. The second-order valence-corrected chi connectivity index (χ2v) is 7.43. The Bertz CT molecular complexity index is 1000. The van der Waals surface area contributed by atoms with E-state index in [0.717, 1.165) is 0 Å². The second kappa shape index (κ2) is 11.1. The Kier molecular flexibility index (Phi) is 8.18. The van der Waals surface area contributed by atoms with E-state index < -0.39 is 17.1 Å². The molecule has 0 unspecified atom stereocenters. The van der Waals surface area contributed by atoms with Gasteiger partial charge >= 0.3 is 0 Å². The van der Waals surface area contributed by atoms with E-state index in [1.807, 2.05) is 0 Å². The largest absolute Gasteiger partial charge is 0.502 e. The fourth-order valence-electron chi connectivity index (χ4n) is 3.79. The molecule has 0 aliphatic carbocycles. The standard InChI is InChI=1S/C23H29NO9/c1-28-13-15-11-17(25)21(27)22(33-15)16(12-20(26)24-5-7-32-8-6-24)14-9-18(29-2)23(31-4)19(10-14)30-3/h9-11,16,27H,5-8,12-13H2,1-4H3/t16-/m1/s1.